The molecule has 2 aromatic heterocycles. The molecule has 0 spiro atoms. The van der Waals surface area contributed by atoms with E-state index in [4.69, 9.17) is 9.72 Å². The van der Waals surface area contributed by atoms with Crippen LogP contribution in [0.5, 0.6) is 0 Å². The molecule has 2 aliphatic rings. The third-order valence-corrected chi connectivity index (χ3v) is 8.89. The maximum Gasteiger partial charge on any atom is 0.325 e. The van der Waals surface area contributed by atoms with Gasteiger partial charge in [0, 0.05) is 29.9 Å². The zero-order chi connectivity index (χ0) is 29.9. The predicted octanol–water partition coefficient (Wildman–Crippen LogP) is 5.53. The Morgan fingerprint density at radius 2 is 1.53 bits per heavy atom. The van der Waals surface area contributed by atoms with Gasteiger partial charge in [-0.05, 0) is 61.9 Å². The fourth-order valence-corrected chi connectivity index (χ4v) is 6.84. The van der Waals surface area contributed by atoms with Crippen molar-refractivity contribution in [3.63, 3.8) is 0 Å². The smallest absolute Gasteiger partial charge is 0.325 e. The third kappa shape index (κ3) is 5.57. The Balaban J connectivity index is 1.48. The molecule has 2 saturated heterocycles. The number of carbonyl (C=O) groups is 1. The van der Waals surface area contributed by atoms with Crippen molar-refractivity contribution >= 4 is 22.7 Å². The Labute approximate surface area is 250 Å². The predicted molar refractivity (Wildman–Crippen MR) is 169 cm³/mol. The van der Waals surface area contributed by atoms with Crippen LogP contribution in [-0.4, -0.2) is 39.3 Å². The summed E-state index contributed by atoms with van der Waals surface area (Å²) in [4.78, 5) is 46.8. The molecule has 2 aliphatic heterocycles. The highest BCUT2D eigenvalue weighted by Gasteiger charge is 2.43. The highest BCUT2D eigenvalue weighted by molar-refractivity contribution is 5.78. The number of pyridine rings is 1. The van der Waals surface area contributed by atoms with E-state index in [0.717, 1.165) is 31.2 Å². The topological polar surface area (TPSA) is 86.4 Å². The number of methoxy groups -OCH3 is 1. The molecule has 0 amide bonds. The summed E-state index contributed by atoms with van der Waals surface area (Å²) in [5, 5.41) is 0. The summed E-state index contributed by atoms with van der Waals surface area (Å²) < 4.78 is 8.00. The largest absolute Gasteiger partial charge is 0.468 e. The van der Waals surface area contributed by atoms with Gasteiger partial charge in [0.25, 0.3) is 11.1 Å². The van der Waals surface area contributed by atoms with Crippen LogP contribution in [-0.2, 0) is 16.1 Å². The van der Waals surface area contributed by atoms with E-state index in [1.807, 2.05) is 59.2 Å². The zero-order valence-electron chi connectivity index (χ0n) is 24.5. The minimum atomic E-state index is -0.574. The minimum absolute atomic E-state index is 0.0554. The van der Waals surface area contributed by atoms with E-state index in [1.54, 1.807) is 12.1 Å². The summed E-state index contributed by atoms with van der Waals surface area (Å²) in [5.41, 5.74) is 2.43. The summed E-state index contributed by atoms with van der Waals surface area (Å²) >= 11 is 0. The lowest BCUT2D eigenvalue weighted by molar-refractivity contribution is -0.141. The van der Waals surface area contributed by atoms with Crippen molar-refractivity contribution in [1.29, 1.82) is 0 Å². The number of rotatable bonds is 5. The van der Waals surface area contributed by atoms with E-state index < -0.39 is 11.5 Å². The van der Waals surface area contributed by atoms with Gasteiger partial charge in [0.05, 0.1) is 23.8 Å². The maximum atomic E-state index is 14.4. The Hall–Kier alpha value is -4.72. The average molecular weight is 577 g/mol. The molecule has 0 aliphatic carbocycles. The van der Waals surface area contributed by atoms with Gasteiger partial charge in [-0.15, -0.1) is 0 Å². The van der Waals surface area contributed by atoms with Crippen molar-refractivity contribution in [2.75, 3.05) is 12.0 Å². The van der Waals surface area contributed by atoms with E-state index in [1.165, 1.54) is 23.4 Å². The second kappa shape index (κ2) is 12.3. The number of nitrogens with zero attached hydrogens (tertiary/aromatic N) is 4. The number of carbonyl (C=O) groups excluding carboxylic acids is 1. The Kier molecular flexibility index (Phi) is 8.09. The summed E-state index contributed by atoms with van der Waals surface area (Å²) in [6, 6.07) is 31.4. The molecule has 2 bridgehead atoms. The minimum Gasteiger partial charge on any atom is -0.468 e. The van der Waals surface area contributed by atoms with Gasteiger partial charge in [0.15, 0.2) is 5.69 Å². The number of hydrogen-bond donors (Lipinski definition) is 0. The Bertz CT molecular complexity index is 1800. The number of fused-ring (bicyclic) bond motifs is 3. The number of hydrogen-bond acceptors (Lipinski definition) is 6. The SMILES string of the molecule is COC(=O)Cn1c(-c2nc3ccccc3n([C@@H]3C[C@@H]4CC[C@@H](C)[C@H](C3)N4c3ccccccccc3)c2=O)cccc1=O. The van der Waals surface area contributed by atoms with E-state index in [-0.39, 0.29) is 35.9 Å². The van der Waals surface area contributed by atoms with Gasteiger partial charge in [-0.1, -0.05) is 67.6 Å². The third-order valence-electron chi connectivity index (χ3n) is 8.89. The second-order valence-corrected chi connectivity index (χ2v) is 11.4. The number of para-hydroxylation sites is 2. The van der Waals surface area contributed by atoms with Gasteiger partial charge in [0.1, 0.15) is 6.54 Å². The van der Waals surface area contributed by atoms with Crippen molar-refractivity contribution in [2.24, 2.45) is 5.92 Å². The van der Waals surface area contributed by atoms with Crippen LogP contribution in [0.4, 0.5) is 5.69 Å². The van der Waals surface area contributed by atoms with Crippen LogP contribution in [0.1, 0.15) is 38.6 Å². The molecular formula is C35H36N4O4. The standard InChI is InChI=1S/C35H36N4O4/c1-24-19-20-26-21-27(22-31(24)38(26)25-13-8-6-4-3-5-7-9-14-25)39-29-16-11-10-15-28(29)36-34(35(39)42)30-17-12-18-32(40)37(30)23-33(41)43-2/h3-18,24,26-27,31H,19-23H2,1-2H3/t24-,26+,27-,31+/m1/s1. The first kappa shape index (κ1) is 28.4. The summed E-state index contributed by atoms with van der Waals surface area (Å²) in [7, 11) is 1.27. The fraction of sp³-hybridized carbons (Fsp3) is 0.314. The highest BCUT2D eigenvalue weighted by Crippen LogP contribution is 2.44. The fourth-order valence-electron chi connectivity index (χ4n) is 6.84. The van der Waals surface area contributed by atoms with E-state index >= 15 is 0 Å². The molecule has 6 rings (SSSR count). The second-order valence-electron chi connectivity index (χ2n) is 11.4. The molecule has 0 unspecified atom stereocenters. The van der Waals surface area contributed by atoms with Crippen LogP contribution in [0.3, 0.4) is 0 Å². The number of ether oxygens (including phenoxy) is 1. The Morgan fingerprint density at radius 3 is 2.28 bits per heavy atom. The molecule has 0 radical (unpaired) electrons. The first-order chi connectivity index (χ1) is 21.0. The van der Waals surface area contributed by atoms with Crippen LogP contribution in [0.2, 0.25) is 0 Å². The van der Waals surface area contributed by atoms with Crippen LogP contribution >= 0.6 is 0 Å². The van der Waals surface area contributed by atoms with Crippen LogP contribution < -0.4 is 16.0 Å². The van der Waals surface area contributed by atoms with Gasteiger partial charge >= 0.3 is 5.97 Å². The first-order valence-corrected chi connectivity index (χ1v) is 14.9. The van der Waals surface area contributed by atoms with Crippen molar-refractivity contribution in [2.45, 2.75) is 57.3 Å². The molecule has 8 heteroatoms. The molecule has 2 fully saturated rings. The molecule has 8 nitrogen and oxygen atoms in total. The quantitative estimate of drug-likeness (QED) is 0.291. The molecule has 4 atom stereocenters. The van der Waals surface area contributed by atoms with Crippen molar-refractivity contribution in [1.82, 2.24) is 14.1 Å². The molecule has 0 N–H and O–H groups in total. The highest BCUT2D eigenvalue weighted by atomic mass is 16.5. The van der Waals surface area contributed by atoms with E-state index in [0.29, 0.717) is 17.1 Å². The van der Waals surface area contributed by atoms with Crippen molar-refractivity contribution in [3.8, 4) is 11.4 Å². The summed E-state index contributed by atoms with van der Waals surface area (Å²) in [6.07, 6.45) is 3.81. The molecular weight excluding hydrogens is 540 g/mol. The molecule has 2 aromatic carbocycles. The molecule has 220 valence electrons. The number of esters is 1. The van der Waals surface area contributed by atoms with Gasteiger partial charge < -0.3 is 14.2 Å². The molecule has 43 heavy (non-hydrogen) atoms. The molecule has 4 heterocycles. The summed E-state index contributed by atoms with van der Waals surface area (Å²) in [5.74, 6) is -0.124. The molecule has 4 aromatic rings. The van der Waals surface area contributed by atoms with Crippen LogP contribution in [0.15, 0.2) is 107 Å². The lowest BCUT2D eigenvalue weighted by Gasteiger charge is -2.53. The van der Waals surface area contributed by atoms with Crippen molar-refractivity contribution < 1.29 is 9.53 Å². The number of benzene rings is 1. The zero-order valence-corrected chi connectivity index (χ0v) is 24.5. The Morgan fingerprint density at radius 1 is 0.837 bits per heavy atom. The van der Waals surface area contributed by atoms with Gasteiger partial charge in [-0.3, -0.25) is 19.0 Å². The number of aromatic nitrogens is 3. The monoisotopic (exact) mass is 576 g/mol. The van der Waals surface area contributed by atoms with Crippen LogP contribution in [0, 0.1) is 5.92 Å². The van der Waals surface area contributed by atoms with Gasteiger partial charge in [-0.25, -0.2) is 4.98 Å². The van der Waals surface area contributed by atoms with Crippen LogP contribution in [0.25, 0.3) is 22.4 Å². The van der Waals surface area contributed by atoms with E-state index in [9.17, 15) is 14.4 Å². The average Bonchev–Trinajstić information content (AvgIpc) is 3.02. The maximum absolute atomic E-state index is 14.4. The normalized spacial score (nSPS) is 21.2. The van der Waals surface area contributed by atoms with E-state index in [2.05, 4.69) is 36.1 Å². The lowest BCUT2D eigenvalue weighted by atomic mass is 9.76. The number of piperidine rings is 2. The van der Waals surface area contributed by atoms with Crippen molar-refractivity contribution in [3.05, 3.63) is 118 Å². The van der Waals surface area contributed by atoms with Gasteiger partial charge in [-0.2, -0.15) is 0 Å². The molecule has 0 saturated carbocycles. The lowest BCUT2D eigenvalue weighted by Crippen LogP contribution is -2.56. The summed E-state index contributed by atoms with van der Waals surface area (Å²) in [6.45, 7) is 2.01. The number of anilines is 1. The van der Waals surface area contributed by atoms with Gasteiger partial charge in [0.2, 0.25) is 0 Å². The first-order valence-electron chi connectivity index (χ1n) is 14.9.